The molecule has 10 heteroatoms. The number of hydrogen-bond donors (Lipinski definition) is 3. The van der Waals surface area contributed by atoms with Gasteiger partial charge in [-0.05, 0) is 43.0 Å². The average molecular weight is 483 g/mol. The highest BCUT2D eigenvalue weighted by Crippen LogP contribution is 2.53. The second-order valence-corrected chi connectivity index (χ2v) is 9.03. The summed E-state index contributed by atoms with van der Waals surface area (Å²) in [4.78, 5) is 11.7. The van der Waals surface area contributed by atoms with Gasteiger partial charge in [0.15, 0.2) is 0 Å². The number of aromatic nitrogens is 2. The molecular formula is C25H24F3N5O2. The first-order chi connectivity index (χ1) is 16.5. The van der Waals surface area contributed by atoms with Crippen LogP contribution in [0.5, 0.6) is 5.88 Å². The molecule has 1 saturated heterocycles. The summed E-state index contributed by atoms with van der Waals surface area (Å²) in [5.74, 6) is 5.00. The molecule has 0 bridgehead atoms. The van der Waals surface area contributed by atoms with Crippen molar-refractivity contribution in [2.45, 2.75) is 45.2 Å². The smallest absolute Gasteiger partial charge is 0.416 e. The van der Waals surface area contributed by atoms with E-state index in [0.29, 0.717) is 24.2 Å². The van der Waals surface area contributed by atoms with Gasteiger partial charge in [0.25, 0.3) is 0 Å². The van der Waals surface area contributed by atoms with Crippen LogP contribution in [0.3, 0.4) is 0 Å². The van der Waals surface area contributed by atoms with Gasteiger partial charge in [0, 0.05) is 24.4 Å². The maximum absolute atomic E-state index is 14.0. The number of rotatable bonds is 2. The normalized spacial score (nSPS) is 22.0. The molecule has 182 valence electrons. The van der Waals surface area contributed by atoms with Gasteiger partial charge in [-0.15, -0.1) is 0 Å². The van der Waals surface area contributed by atoms with Crippen LogP contribution in [0.25, 0.3) is 0 Å². The van der Waals surface area contributed by atoms with E-state index in [1.165, 1.54) is 0 Å². The van der Waals surface area contributed by atoms with Crippen molar-refractivity contribution in [1.82, 2.24) is 15.5 Å². The van der Waals surface area contributed by atoms with Crippen molar-refractivity contribution in [2.24, 2.45) is 17.6 Å². The third-order valence-electron chi connectivity index (χ3n) is 6.52. The van der Waals surface area contributed by atoms with E-state index in [0.717, 1.165) is 12.1 Å². The number of carbonyl (C=O) groups is 1. The van der Waals surface area contributed by atoms with Gasteiger partial charge in [0.2, 0.25) is 17.7 Å². The Labute approximate surface area is 200 Å². The largest absolute Gasteiger partial charge is 0.422 e. The predicted octanol–water partition coefficient (Wildman–Crippen LogP) is 3.64. The van der Waals surface area contributed by atoms with E-state index in [1.807, 2.05) is 0 Å². The molecule has 2 aliphatic rings. The number of aromatic amines is 1. The van der Waals surface area contributed by atoms with Gasteiger partial charge in [-0.2, -0.15) is 23.5 Å². The summed E-state index contributed by atoms with van der Waals surface area (Å²) >= 11 is 0. The van der Waals surface area contributed by atoms with Crippen molar-refractivity contribution in [3.63, 3.8) is 0 Å². The summed E-state index contributed by atoms with van der Waals surface area (Å²) in [6.45, 7) is 5.77. The number of carbonyl (C=O) groups excluding carboxylic acids is 1. The van der Waals surface area contributed by atoms with Crippen molar-refractivity contribution in [2.75, 3.05) is 6.54 Å². The van der Waals surface area contributed by atoms with Crippen LogP contribution in [0, 0.1) is 41.9 Å². The highest BCUT2D eigenvalue weighted by molar-refractivity contribution is 5.77. The highest BCUT2D eigenvalue weighted by atomic mass is 19.4. The van der Waals surface area contributed by atoms with Gasteiger partial charge in [0.05, 0.1) is 22.2 Å². The van der Waals surface area contributed by atoms with Crippen molar-refractivity contribution in [3.05, 3.63) is 57.6 Å². The zero-order valence-corrected chi connectivity index (χ0v) is 19.4. The number of halogens is 3. The first-order valence-corrected chi connectivity index (χ1v) is 11.1. The van der Waals surface area contributed by atoms with E-state index in [-0.39, 0.29) is 46.7 Å². The number of hydrogen-bond acceptors (Lipinski definition) is 5. The van der Waals surface area contributed by atoms with Gasteiger partial charge >= 0.3 is 6.18 Å². The standard InChI is InChI=1S/C25H24F3N5O2/c1-13(2)24(19(12-29)22(30)35-23-21(24)14(3)32-33-23)17-8-16(9-18(11-17)25(26,27)28)5-4-15-6-7-31-20(34)10-15/h8-9,11,13,15H,6-7,10,30H2,1-3H3,(H,31,34)(H,32,33). The van der Waals surface area contributed by atoms with E-state index in [2.05, 4.69) is 33.4 Å². The first-order valence-electron chi connectivity index (χ1n) is 11.1. The summed E-state index contributed by atoms with van der Waals surface area (Å²) in [6.07, 6.45) is -3.84. The summed E-state index contributed by atoms with van der Waals surface area (Å²) in [7, 11) is 0. The van der Waals surface area contributed by atoms with Crippen molar-refractivity contribution in [3.8, 4) is 23.8 Å². The fraction of sp³-hybridized carbons (Fsp3) is 0.400. The Balaban J connectivity index is 1.99. The molecular weight excluding hydrogens is 459 g/mol. The fourth-order valence-corrected chi connectivity index (χ4v) is 4.96. The topological polar surface area (TPSA) is 117 Å². The molecule has 1 aromatic heterocycles. The first kappa shape index (κ1) is 24.2. The Kier molecular flexibility index (Phi) is 6.02. The average Bonchev–Trinajstić information content (AvgIpc) is 3.16. The third kappa shape index (κ3) is 4.10. The quantitative estimate of drug-likeness (QED) is 0.564. The summed E-state index contributed by atoms with van der Waals surface area (Å²) in [5.41, 5.74) is 5.13. The van der Waals surface area contributed by atoms with Crippen LogP contribution in [0.2, 0.25) is 0 Å². The molecule has 3 heterocycles. The summed E-state index contributed by atoms with van der Waals surface area (Å²) in [5, 5.41) is 19.7. The number of H-pyrrole nitrogens is 1. The fourth-order valence-electron chi connectivity index (χ4n) is 4.96. The van der Waals surface area contributed by atoms with Crippen LogP contribution in [-0.2, 0) is 16.4 Å². The molecule has 2 unspecified atom stereocenters. The Morgan fingerprint density at radius 1 is 1.31 bits per heavy atom. The lowest BCUT2D eigenvalue weighted by Gasteiger charge is -2.41. The number of nitrogens with zero attached hydrogens (tertiary/aromatic N) is 2. The Morgan fingerprint density at radius 2 is 2.06 bits per heavy atom. The van der Waals surface area contributed by atoms with Crippen LogP contribution in [0.1, 0.15) is 54.6 Å². The van der Waals surface area contributed by atoms with Crippen LogP contribution < -0.4 is 15.8 Å². The number of ether oxygens (including phenoxy) is 1. The van der Waals surface area contributed by atoms with Crippen molar-refractivity contribution in [1.29, 1.82) is 5.26 Å². The lowest BCUT2D eigenvalue weighted by Crippen LogP contribution is -2.41. The molecule has 2 atom stereocenters. The number of nitrogens with two attached hydrogens (primary N) is 1. The Hall–Kier alpha value is -3.92. The molecule has 35 heavy (non-hydrogen) atoms. The highest BCUT2D eigenvalue weighted by Gasteiger charge is 2.51. The van der Waals surface area contributed by atoms with Gasteiger partial charge in [-0.3, -0.25) is 4.79 Å². The second-order valence-electron chi connectivity index (χ2n) is 9.03. The van der Waals surface area contributed by atoms with E-state index in [1.54, 1.807) is 26.8 Å². The molecule has 7 nitrogen and oxygen atoms in total. The molecule has 2 aromatic rings. The molecule has 1 fully saturated rings. The van der Waals surface area contributed by atoms with E-state index in [4.69, 9.17) is 10.5 Å². The molecule has 0 aliphatic carbocycles. The molecule has 4 N–H and O–H groups in total. The minimum atomic E-state index is -4.66. The maximum atomic E-state index is 14.0. The predicted molar refractivity (Wildman–Crippen MR) is 120 cm³/mol. The minimum Gasteiger partial charge on any atom is -0.422 e. The Bertz CT molecular complexity index is 1320. The SMILES string of the molecule is Cc1n[nH]c2c1C(c1cc(C#CC3CCNC(=O)C3)cc(C(F)(F)F)c1)(C(C)C)C(C#N)=C(N)O2. The number of piperidine rings is 1. The van der Waals surface area contributed by atoms with Gasteiger partial charge in [-0.1, -0.05) is 25.7 Å². The number of benzene rings is 1. The number of alkyl halides is 3. The monoisotopic (exact) mass is 483 g/mol. The number of fused-ring (bicyclic) bond motifs is 1. The number of aryl methyl sites for hydroxylation is 1. The van der Waals surface area contributed by atoms with Crippen LogP contribution in [0.4, 0.5) is 13.2 Å². The number of amides is 1. The number of nitriles is 1. The molecule has 1 amide bonds. The van der Waals surface area contributed by atoms with E-state index >= 15 is 0 Å². The second kappa shape index (κ2) is 8.70. The summed E-state index contributed by atoms with van der Waals surface area (Å²) < 4.78 is 47.6. The van der Waals surface area contributed by atoms with Gasteiger partial charge in [-0.25, -0.2) is 5.10 Å². The van der Waals surface area contributed by atoms with Gasteiger partial charge < -0.3 is 15.8 Å². The molecule has 0 saturated carbocycles. The van der Waals surface area contributed by atoms with Crippen molar-refractivity contribution < 1.29 is 22.7 Å². The molecule has 0 spiro atoms. The Morgan fingerprint density at radius 3 is 2.69 bits per heavy atom. The van der Waals surface area contributed by atoms with Crippen molar-refractivity contribution >= 4 is 5.91 Å². The molecule has 2 aliphatic heterocycles. The number of nitrogens with one attached hydrogen (secondary N) is 2. The minimum absolute atomic E-state index is 0.00619. The third-order valence-corrected chi connectivity index (χ3v) is 6.52. The lowest BCUT2D eigenvalue weighted by atomic mass is 9.61. The van der Waals surface area contributed by atoms with Crippen LogP contribution in [-0.4, -0.2) is 22.6 Å². The zero-order valence-electron chi connectivity index (χ0n) is 19.4. The van der Waals surface area contributed by atoms with E-state index < -0.39 is 23.1 Å². The lowest BCUT2D eigenvalue weighted by molar-refractivity contribution is -0.137. The summed E-state index contributed by atoms with van der Waals surface area (Å²) in [6, 6.07) is 5.64. The van der Waals surface area contributed by atoms with Gasteiger partial charge in [0.1, 0.15) is 11.6 Å². The van der Waals surface area contributed by atoms with Crippen LogP contribution >= 0.6 is 0 Å². The molecule has 4 rings (SSSR count). The molecule has 0 radical (unpaired) electrons. The molecule has 1 aromatic carbocycles. The number of allylic oxidation sites excluding steroid dienone is 1. The zero-order chi connectivity index (χ0) is 25.5. The van der Waals surface area contributed by atoms with E-state index in [9.17, 15) is 23.2 Å². The van der Waals surface area contributed by atoms with Crippen LogP contribution in [0.15, 0.2) is 29.7 Å². The maximum Gasteiger partial charge on any atom is 0.416 e.